The van der Waals surface area contributed by atoms with Crippen LogP contribution in [-0.2, 0) is 16.0 Å². The number of nitrogens with two attached hydrogens (primary N) is 1. The number of nitrogens with zero attached hydrogens (tertiary/aromatic N) is 4. The summed E-state index contributed by atoms with van der Waals surface area (Å²) in [6, 6.07) is 15.9. The number of aryl methyl sites for hydroxylation is 1. The smallest absolute Gasteiger partial charge is 0.249 e. The number of amides is 2. The molecule has 1 aliphatic carbocycles. The third kappa shape index (κ3) is 5.93. The minimum Gasteiger partial charge on any atom is -0.344 e. The molecule has 9 nitrogen and oxygen atoms in total. The molecular weight excluding hydrogens is 478 g/mol. The topological polar surface area (TPSA) is 130 Å². The van der Waals surface area contributed by atoms with Crippen molar-refractivity contribution >= 4 is 17.5 Å². The van der Waals surface area contributed by atoms with Gasteiger partial charge in [0.1, 0.15) is 6.04 Å². The molecule has 0 unspecified atom stereocenters. The van der Waals surface area contributed by atoms with E-state index in [0.717, 1.165) is 48.9 Å². The molecule has 0 saturated heterocycles. The normalized spacial score (nSPS) is 22.0. The third-order valence-electron chi connectivity index (χ3n) is 7.79. The number of benzene rings is 2. The molecule has 1 atom stereocenters. The van der Waals surface area contributed by atoms with Gasteiger partial charge in [0.15, 0.2) is 5.82 Å². The number of rotatable bonds is 7. The van der Waals surface area contributed by atoms with Crippen LogP contribution in [0.5, 0.6) is 0 Å². The Morgan fingerprint density at radius 1 is 1.08 bits per heavy atom. The van der Waals surface area contributed by atoms with Crippen molar-refractivity contribution in [1.29, 1.82) is 0 Å². The molecular formula is C29H37N7O2. The first kappa shape index (κ1) is 26.0. The number of hydrogen-bond donors (Lipinski definition) is 3. The average molecular weight is 516 g/mol. The van der Waals surface area contributed by atoms with Crippen LogP contribution in [0.3, 0.4) is 0 Å². The number of aromatic amines is 1. The molecule has 2 aliphatic rings. The number of anilines is 1. The Kier molecular flexibility index (Phi) is 7.56. The number of tetrazole rings is 1. The number of aromatic nitrogens is 4. The SMILES string of the molecule is CC(C)(N)CC(=O)N[C@@H]1CCc2ccccc2N(CC2CCC(c3ccccc3-c3nnn[nH]3)CC2)C1=O. The molecule has 2 heterocycles. The standard InChI is InChI=1S/C29H37N7O2/c1-29(2,30)17-26(37)31-24-16-15-21-7-3-6-10-25(21)36(28(24)38)18-19-11-13-20(14-12-19)22-8-4-5-9-23(22)27-32-34-35-33-27/h3-10,19-20,24H,11-18,30H2,1-2H3,(H,31,37)(H,32,33,34,35)/t19?,20?,24-/m1/s1. The molecule has 5 rings (SSSR count). The number of nitrogens with one attached hydrogen (secondary N) is 2. The van der Waals surface area contributed by atoms with Gasteiger partial charge in [-0.25, -0.2) is 5.10 Å². The summed E-state index contributed by atoms with van der Waals surface area (Å²) in [5, 5.41) is 17.5. The summed E-state index contributed by atoms with van der Waals surface area (Å²) in [6.07, 6.45) is 5.64. The number of fused-ring (bicyclic) bond motifs is 1. The molecule has 1 aromatic heterocycles. The summed E-state index contributed by atoms with van der Waals surface area (Å²) in [5.74, 6) is 1.30. The molecule has 1 fully saturated rings. The van der Waals surface area contributed by atoms with Gasteiger partial charge in [-0.1, -0.05) is 42.5 Å². The number of hydrogen-bond acceptors (Lipinski definition) is 6. The fraction of sp³-hybridized carbons (Fsp3) is 0.483. The fourth-order valence-electron chi connectivity index (χ4n) is 5.95. The molecule has 4 N–H and O–H groups in total. The van der Waals surface area contributed by atoms with Crippen molar-refractivity contribution < 1.29 is 9.59 Å². The lowest BCUT2D eigenvalue weighted by Gasteiger charge is -2.34. The first-order valence-corrected chi connectivity index (χ1v) is 13.6. The van der Waals surface area contributed by atoms with Crippen molar-refractivity contribution in [3.05, 3.63) is 59.7 Å². The Bertz CT molecular complexity index is 1260. The lowest BCUT2D eigenvalue weighted by Crippen LogP contribution is -2.51. The van der Waals surface area contributed by atoms with Crippen LogP contribution in [-0.4, -0.2) is 50.6 Å². The van der Waals surface area contributed by atoms with Gasteiger partial charge in [0.05, 0.1) is 0 Å². The summed E-state index contributed by atoms with van der Waals surface area (Å²) in [5.41, 5.74) is 9.87. The second-order valence-corrected chi connectivity index (χ2v) is 11.5. The minimum atomic E-state index is -0.623. The van der Waals surface area contributed by atoms with Gasteiger partial charge in [0.25, 0.3) is 0 Å². The van der Waals surface area contributed by atoms with Crippen molar-refractivity contribution in [2.45, 2.75) is 76.3 Å². The Morgan fingerprint density at radius 3 is 2.55 bits per heavy atom. The summed E-state index contributed by atoms with van der Waals surface area (Å²) >= 11 is 0. The van der Waals surface area contributed by atoms with Gasteiger partial charge in [0, 0.05) is 29.8 Å². The van der Waals surface area contributed by atoms with Crippen molar-refractivity contribution in [2.24, 2.45) is 11.7 Å². The largest absolute Gasteiger partial charge is 0.344 e. The Balaban J connectivity index is 1.29. The second kappa shape index (κ2) is 11.0. The van der Waals surface area contributed by atoms with E-state index in [1.54, 1.807) is 0 Å². The van der Waals surface area contributed by atoms with Gasteiger partial charge >= 0.3 is 0 Å². The molecule has 200 valence electrons. The zero-order valence-electron chi connectivity index (χ0n) is 22.2. The minimum absolute atomic E-state index is 0.0246. The predicted molar refractivity (Wildman–Crippen MR) is 146 cm³/mol. The summed E-state index contributed by atoms with van der Waals surface area (Å²) in [7, 11) is 0. The third-order valence-corrected chi connectivity index (χ3v) is 7.79. The van der Waals surface area contributed by atoms with Crippen LogP contribution in [0, 0.1) is 5.92 Å². The van der Waals surface area contributed by atoms with E-state index in [-0.39, 0.29) is 18.2 Å². The van der Waals surface area contributed by atoms with Crippen LogP contribution in [0.25, 0.3) is 11.4 Å². The van der Waals surface area contributed by atoms with Crippen LogP contribution >= 0.6 is 0 Å². The van der Waals surface area contributed by atoms with E-state index < -0.39 is 11.6 Å². The zero-order valence-corrected chi connectivity index (χ0v) is 22.2. The lowest BCUT2D eigenvalue weighted by molar-refractivity contribution is -0.128. The number of H-pyrrole nitrogens is 1. The molecule has 1 aliphatic heterocycles. The highest BCUT2D eigenvalue weighted by Gasteiger charge is 2.34. The van der Waals surface area contributed by atoms with Crippen molar-refractivity contribution in [2.75, 3.05) is 11.4 Å². The number of para-hydroxylation sites is 1. The zero-order chi connectivity index (χ0) is 26.7. The Labute approximate surface area is 223 Å². The van der Waals surface area contributed by atoms with Gasteiger partial charge in [0.2, 0.25) is 11.8 Å². The summed E-state index contributed by atoms with van der Waals surface area (Å²) in [6.45, 7) is 4.30. The van der Waals surface area contributed by atoms with Crippen molar-refractivity contribution in [3.8, 4) is 11.4 Å². The van der Waals surface area contributed by atoms with Crippen LogP contribution in [0.1, 0.15) is 69.4 Å². The van der Waals surface area contributed by atoms with Crippen LogP contribution in [0.4, 0.5) is 5.69 Å². The maximum atomic E-state index is 13.8. The average Bonchev–Trinajstić information content (AvgIpc) is 3.40. The van der Waals surface area contributed by atoms with Crippen LogP contribution < -0.4 is 16.0 Å². The predicted octanol–water partition coefficient (Wildman–Crippen LogP) is 3.73. The van der Waals surface area contributed by atoms with E-state index in [9.17, 15) is 9.59 Å². The van der Waals surface area contributed by atoms with E-state index in [1.165, 1.54) is 5.56 Å². The second-order valence-electron chi connectivity index (χ2n) is 11.5. The molecule has 2 amide bonds. The summed E-state index contributed by atoms with van der Waals surface area (Å²) < 4.78 is 0. The Morgan fingerprint density at radius 2 is 1.82 bits per heavy atom. The molecule has 2 aromatic carbocycles. The van der Waals surface area contributed by atoms with Crippen LogP contribution in [0.15, 0.2) is 48.5 Å². The maximum absolute atomic E-state index is 13.8. The molecule has 0 radical (unpaired) electrons. The van der Waals surface area contributed by atoms with Gasteiger partial charge in [-0.2, -0.15) is 0 Å². The highest BCUT2D eigenvalue weighted by Crippen LogP contribution is 2.40. The molecule has 0 bridgehead atoms. The quantitative estimate of drug-likeness (QED) is 0.440. The van der Waals surface area contributed by atoms with Gasteiger partial charge in [-0.15, -0.1) is 5.10 Å². The first-order valence-electron chi connectivity index (χ1n) is 13.6. The van der Waals surface area contributed by atoms with Gasteiger partial charge in [-0.3, -0.25) is 9.59 Å². The molecule has 3 aromatic rings. The van der Waals surface area contributed by atoms with E-state index in [4.69, 9.17) is 5.73 Å². The van der Waals surface area contributed by atoms with E-state index >= 15 is 0 Å². The van der Waals surface area contributed by atoms with E-state index in [0.29, 0.717) is 30.6 Å². The molecule has 1 saturated carbocycles. The first-order chi connectivity index (χ1) is 18.3. The van der Waals surface area contributed by atoms with Gasteiger partial charge in [-0.05, 0) is 91.8 Å². The van der Waals surface area contributed by atoms with E-state index in [2.05, 4.69) is 50.2 Å². The van der Waals surface area contributed by atoms with Crippen molar-refractivity contribution in [1.82, 2.24) is 25.9 Å². The summed E-state index contributed by atoms with van der Waals surface area (Å²) in [4.78, 5) is 28.4. The monoisotopic (exact) mass is 515 g/mol. The lowest BCUT2D eigenvalue weighted by atomic mass is 9.77. The maximum Gasteiger partial charge on any atom is 0.249 e. The van der Waals surface area contributed by atoms with Gasteiger partial charge < -0.3 is 16.0 Å². The Hall–Kier alpha value is -3.59. The fourth-order valence-corrected chi connectivity index (χ4v) is 5.95. The number of carbonyl (C=O) groups is 2. The molecule has 0 spiro atoms. The molecule has 9 heteroatoms. The van der Waals surface area contributed by atoms with Crippen molar-refractivity contribution in [3.63, 3.8) is 0 Å². The van der Waals surface area contributed by atoms with E-state index in [1.807, 2.05) is 43.0 Å². The highest BCUT2D eigenvalue weighted by molar-refractivity contribution is 6.00. The number of carbonyl (C=O) groups excluding carboxylic acids is 2. The molecule has 38 heavy (non-hydrogen) atoms. The highest BCUT2D eigenvalue weighted by atomic mass is 16.2. The van der Waals surface area contributed by atoms with Crippen LogP contribution in [0.2, 0.25) is 0 Å².